The number of thiocarbonyl (C=S) groups is 2. The van der Waals surface area contributed by atoms with Gasteiger partial charge >= 0.3 is 0 Å². The van der Waals surface area contributed by atoms with Crippen LogP contribution in [0.1, 0.15) is 11.1 Å². The number of hydrazine groups is 1. The van der Waals surface area contributed by atoms with E-state index in [1.165, 1.54) is 5.56 Å². The van der Waals surface area contributed by atoms with E-state index in [1.807, 2.05) is 49.4 Å². The van der Waals surface area contributed by atoms with Gasteiger partial charge < -0.3 is 10.6 Å². The topological polar surface area (TPSA) is 48.1 Å². The summed E-state index contributed by atoms with van der Waals surface area (Å²) in [5.74, 6) is 0. The van der Waals surface area contributed by atoms with E-state index >= 15 is 0 Å². The summed E-state index contributed by atoms with van der Waals surface area (Å²) in [5.41, 5.74) is 9.11. The minimum Gasteiger partial charge on any atom is -0.361 e. The highest BCUT2D eigenvalue weighted by molar-refractivity contribution is 7.80. The molecule has 0 amide bonds. The fourth-order valence-corrected chi connectivity index (χ4v) is 2.30. The Labute approximate surface area is 147 Å². The van der Waals surface area contributed by atoms with E-state index in [0.29, 0.717) is 10.2 Å². The Morgan fingerprint density at radius 2 is 1.52 bits per heavy atom. The lowest BCUT2D eigenvalue weighted by molar-refractivity contribution is 0.796. The monoisotopic (exact) mass is 344 g/mol. The van der Waals surface area contributed by atoms with Gasteiger partial charge in [-0.1, -0.05) is 48.5 Å². The molecule has 4 nitrogen and oxygen atoms in total. The Morgan fingerprint density at radius 3 is 2.26 bits per heavy atom. The molecule has 0 unspecified atom stereocenters. The minimum atomic E-state index is 0.464. The van der Waals surface area contributed by atoms with E-state index in [1.54, 1.807) is 0 Å². The van der Waals surface area contributed by atoms with Crippen LogP contribution in [0.15, 0.2) is 54.6 Å². The van der Waals surface area contributed by atoms with Gasteiger partial charge in [0.15, 0.2) is 10.2 Å². The lowest BCUT2D eigenvalue weighted by atomic mass is 10.1. The molecule has 0 fully saturated rings. The summed E-state index contributed by atoms with van der Waals surface area (Å²) in [6, 6.07) is 18.2. The maximum Gasteiger partial charge on any atom is 0.189 e. The van der Waals surface area contributed by atoms with Crippen molar-refractivity contribution < 1.29 is 0 Å². The molecular weight excluding hydrogens is 324 g/mol. The first-order chi connectivity index (χ1) is 11.1. The lowest BCUT2D eigenvalue weighted by Gasteiger charge is -2.15. The van der Waals surface area contributed by atoms with E-state index < -0.39 is 0 Å². The maximum atomic E-state index is 5.23. The first-order valence-electron chi connectivity index (χ1n) is 7.35. The number of aryl methyl sites for hydroxylation is 1. The van der Waals surface area contributed by atoms with E-state index in [-0.39, 0.29) is 0 Å². The third-order valence-corrected chi connectivity index (χ3v) is 3.68. The van der Waals surface area contributed by atoms with Crippen molar-refractivity contribution in [3.8, 4) is 0 Å². The Hall–Kier alpha value is -2.18. The summed E-state index contributed by atoms with van der Waals surface area (Å²) in [5, 5.41) is 7.22. The average molecular weight is 345 g/mol. The Kier molecular flexibility index (Phi) is 6.77. The van der Waals surface area contributed by atoms with Crippen molar-refractivity contribution in [2.24, 2.45) is 0 Å². The molecule has 23 heavy (non-hydrogen) atoms. The molecule has 0 radical (unpaired) electrons. The lowest BCUT2D eigenvalue weighted by Crippen LogP contribution is -2.48. The fourth-order valence-electron chi connectivity index (χ4n) is 1.99. The molecule has 0 spiro atoms. The summed E-state index contributed by atoms with van der Waals surface area (Å²) < 4.78 is 0. The Morgan fingerprint density at radius 1 is 0.870 bits per heavy atom. The third kappa shape index (κ3) is 6.22. The van der Waals surface area contributed by atoms with Crippen LogP contribution >= 0.6 is 24.4 Å². The molecule has 4 N–H and O–H groups in total. The van der Waals surface area contributed by atoms with Crippen LogP contribution in [0.3, 0.4) is 0 Å². The van der Waals surface area contributed by atoms with Crippen molar-refractivity contribution in [1.82, 2.24) is 16.2 Å². The fraction of sp³-hybridized carbons (Fsp3) is 0.176. The maximum absolute atomic E-state index is 5.23. The number of hydrogen-bond acceptors (Lipinski definition) is 2. The molecule has 2 rings (SSSR count). The van der Waals surface area contributed by atoms with Gasteiger partial charge in [-0.25, -0.2) is 0 Å². The first-order valence-corrected chi connectivity index (χ1v) is 8.17. The molecule has 2 aromatic rings. The number of rotatable bonds is 4. The molecule has 0 atom stereocenters. The van der Waals surface area contributed by atoms with Crippen LogP contribution in [0.2, 0.25) is 0 Å². The van der Waals surface area contributed by atoms with E-state index in [0.717, 1.165) is 24.2 Å². The van der Waals surface area contributed by atoms with Gasteiger partial charge in [0, 0.05) is 12.2 Å². The van der Waals surface area contributed by atoms with E-state index in [4.69, 9.17) is 24.4 Å². The summed E-state index contributed by atoms with van der Waals surface area (Å²) in [6.07, 6.45) is 0.911. The number of anilines is 1. The quantitative estimate of drug-likeness (QED) is 0.505. The van der Waals surface area contributed by atoms with Crippen molar-refractivity contribution in [2.75, 3.05) is 11.9 Å². The van der Waals surface area contributed by atoms with E-state index in [2.05, 4.69) is 33.6 Å². The molecule has 0 aromatic heterocycles. The second-order valence-corrected chi connectivity index (χ2v) is 5.83. The van der Waals surface area contributed by atoms with Gasteiger partial charge in [0.1, 0.15) is 0 Å². The SMILES string of the molecule is Cc1ccccc1NC(=S)NNC(=S)NCCc1ccccc1. The average Bonchev–Trinajstić information content (AvgIpc) is 2.56. The van der Waals surface area contributed by atoms with Crippen molar-refractivity contribution in [3.63, 3.8) is 0 Å². The summed E-state index contributed by atoms with van der Waals surface area (Å²) in [4.78, 5) is 0. The van der Waals surface area contributed by atoms with Crippen LogP contribution in [-0.2, 0) is 6.42 Å². The molecular formula is C17H20N4S2. The van der Waals surface area contributed by atoms with Crippen molar-refractivity contribution in [3.05, 3.63) is 65.7 Å². The standard InChI is InChI=1S/C17H20N4S2/c1-13-7-5-6-10-15(13)19-17(23)21-20-16(22)18-12-11-14-8-3-2-4-9-14/h2-10H,11-12H2,1H3,(H2,18,20,22)(H2,19,21,23). The smallest absolute Gasteiger partial charge is 0.189 e. The van der Waals surface area contributed by atoms with Gasteiger partial charge in [-0.2, -0.15) is 0 Å². The molecule has 0 saturated carbocycles. The molecule has 0 bridgehead atoms. The van der Waals surface area contributed by atoms with Crippen LogP contribution in [0, 0.1) is 6.92 Å². The Bertz CT molecular complexity index is 659. The number of para-hydroxylation sites is 1. The number of nitrogens with one attached hydrogen (secondary N) is 4. The predicted octanol–water partition coefficient (Wildman–Crippen LogP) is 2.90. The van der Waals surface area contributed by atoms with Gasteiger partial charge in [0.05, 0.1) is 0 Å². The molecule has 2 aromatic carbocycles. The highest BCUT2D eigenvalue weighted by atomic mass is 32.1. The summed E-state index contributed by atoms with van der Waals surface area (Å²) in [7, 11) is 0. The minimum absolute atomic E-state index is 0.464. The Balaban J connectivity index is 1.66. The second kappa shape index (κ2) is 9.07. The van der Waals surface area contributed by atoms with Gasteiger partial charge in [0.25, 0.3) is 0 Å². The number of benzene rings is 2. The zero-order valence-electron chi connectivity index (χ0n) is 12.9. The van der Waals surface area contributed by atoms with Crippen LogP contribution in [0.25, 0.3) is 0 Å². The summed E-state index contributed by atoms with van der Waals surface area (Å²) in [6.45, 7) is 2.78. The largest absolute Gasteiger partial charge is 0.361 e. The molecule has 0 heterocycles. The second-order valence-electron chi connectivity index (χ2n) is 5.01. The van der Waals surface area contributed by atoms with Gasteiger partial charge in [-0.15, -0.1) is 0 Å². The highest BCUT2D eigenvalue weighted by Crippen LogP contribution is 2.12. The predicted molar refractivity (Wildman–Crippen MR) is 104 cm³/mol. The molecule has 120 valence electrons. The summed E-state index contributed by atoms with van der Waals surface area (Å²) >= 11 is 10.4. The molecule has 0 aliphatic carbocycles. The van der Waals surface area contributed by atoms with Gasteiger partial charge in [-0.05, 0) is 55.0 Å². The molecule has 6 heteroatoms. The molecule has 0 aliphatic heterocycles. The van der Waals surface area contributed by atoms with Crippen molar-refractivity contribution in [2.45, 2.75) is 13.3 Å². The zero-order valence-corrected chi connectivity index (χ0v) is 14.6. The first kappa shape index (κ1) is 17.2. The van der Waals surface area contributed by atoms with Crippen molar-refractivity contribution in [1.29, 1.82) is 0 Å². The normalized spacial score (nSPS) is 9.78. The highest BCUT2D eigenvalue weighted by Gasteiger charge is 2.01. The van der Waals surface area contributed by atoms with Crippen LogP contribution in [0.4, 0.5) is 5.69 Å². The zero-order chi connectivity index (χ0) is 16.5. The van der Waals surface area contributed by atoms with Gasteiger partial charge in [-0.3, -0.25) is 10.9 Å². The van der Waals surface area contributed by atoms with Gasteiger partial charge in [0.2, 0.25) is 0 Å². The van der Waals surface area contributed by atoms with Crippen molar-refractivity contribution >= 4 is 40.3 Å². The number of hydrogen-bond donors (Lipinski definition) is 4. The third-order valence-electron chi connectivity index (χ3n) is 3.22. The molecule has 0 aliphatic rings. The van der Waals surface area contributed by atoms with Crippen LogP contribution in [0.5, 0.6) is 0 Å². The molecule has 0 saturated heterocycles. The van der Waals surface area contributed by atoms with Crippen LogP contribution < -0.4 is 21.5 Å². The van der Waals surface area contributed by atoms with Crippen LogP contribution in [-0.4, -0.2) is 16.8 Å². The van der Waals surface area contributed by atoms with E-state index in [9.17, 15) is 0 Å².